The third kappa shape index (κ3) is 4.42. The number of nitriles is 1. The molecule has 1 fully saturated rings. The van der Waals surface area contributed by atoms with Crippen molar-refractivity contribution < 1.29 is 14.6 Å². The van der Waals surface area contributed by atoms with Gasteiger partial charge in [0.1, 0.15) is 0 Å². The number of ether oxygens (including phenoxy) is 1. The number of benzene rings is 1. The number of amides is 1. The second-order valence-electron chi connectivity index (χ2n) is 7.60. The molecule has 0 bridgehead atoms. The maximum Gasteiger partial charge on any atom is 0.253 e. The number of nitrogens with one attached hydrogen (secondary N) is 1. The number of hydrogen-bond donors (Lipinski definition) is 2. The molecule has 31 heavy (non-hydrogen) atoms. The highest BCUT2D eigenvalue weighted by Crippen LogP contribution is 2.30. The summed E-state index contributed by atoms with van der Waals surface area (Å²) >= 11 is 0. The number of nitrogens with zero attached hydrogens (tertiary/aromatic N) is 4. The molecule has 1 amide bonds. The van der Waals surface area contributed by atoms with Crippen LogP contribution in [0.15, 0.2) is 48.8 Å². The van der Waals surface area contributed by atoms with Crippen molar-refractivity contribution in [2.75, 3.05) is 13.2 Å². The van der Waals surface area contributed by atoms with E-state index in [9.17, 15) is 9.90 Å². The van der Waals surface area contributed by atoms with Crippen LogP contribution in [0, 0.1) is 17.2 Å². The molecule has 0 saturated carbocycles. The summed E-state index contributed by atoms with van der Waals surface area (Å²) in [4.78, 5) is 16.9. The molecule has 0 aliphatic carbocycles. The van der Waals surface area contributed by atoms with Gasteiger partial charge < -0.3 is 15.2 Å². The summed E-state index contributed by atoms with van der Waals surface area (Å²) in [6.07, 6.45) is 4.90. The number of rotatable bonds is 5. The van der Waals surface area contributed by atoms with Gasteiger partial charge in [0, 0.05) is 25.5 Å². The number of hydrogen-bond acceptors (Lipinski definition) is 6. The second kappa shape index (κ2) is 8.98. The Morgan fingerprint density at radius 2 is 1.97 bits per heavy atom. The maximum absolute atomic E-state index is 12.6. The SMILES string of the molecule is C[C@@H](NC(=O)c1ccc(-n2ncc(-c3ccc(C#N)cc3)c2O)nc1)C1CCOCC1. The maximum atomic E-state index is 12.6. The van der Waals surface area contributed by atoms with Gasteiger partial charge in [0.25, 0.3) is 5.91 Å². The van der Waals surface area contributed by atoms with Crippen molar-refractivity contribution in [1.29, 1.82) is 5.26 Å². The predicted molar refractivity (Wildman–Crippen MR) is 114 cm³/mol. The Morgan fingerprint density at radius 1 is 1.23 bits per heavy atom. The lowest BCUT2D eigenvalue weighted by atomic mass is 9.93. The van der Waals surface area contributed by atoms with E-state index in [4.69, 9.17) is 10.00 Å². The van der Waals surface area contributed by atoms with E-state index in [1.165, 1.54) is 17.1 Å². The van der Waals surface area contributed by atoms with Gasteiger partial charge in [-0.3, -0.25) is 4.79 Å². The zero-order valence-electron chi connectivity index (χ0n) is 17.2. The van der Waals surface area contributed by atoms with Gasteiger partial charge in [-0.2, -0.15) is 15.0 Å². The monoisotopic (exact) mass is 417 g/mol. The second-order valence-corrected chi connectivity index (χ2v) is 7.60. The van der Waals surface area contributed by atoms with Crippen molar-refractivity contribution in [2.45, 2.75) is 25.8 Å². The van der Waals surface area contributed by atoms with Crippen LogP contribution in [0.5, 0.6) is 5.88 Å². The third-order valence-electron chi connectivity index (χ3n) is 5.63. The van der Waals surface area contributed by atoms with E-state index in [1.54, 1.807) is 36.4 Å². The van der Waals surface area contributed by atoms with Crippen LogP contribution in [0.4, 0.5) is 0 Å². The quantitative estimate of drug-likeness (QED) is 0.660. The molecule has 1 aliphatic heterocycles. The van der Waals surface area contributed by atoms with E-state index in [1.807, 2.05) is 6.92 Å². The van der Waals surface area contributed by atoms with Gasteiger partial charge in [0.15, 0.2) is 5.82 Å². The number of pyridine rings is 1. The lowest BCUT2D eigenvalue weighted by molar-refractivity contribution is 0.0538. The normalized spacial score (nSPS) is 15.2. The summed E-state index contributed by atoms with van der Waals surface area (Å²) in [5.74, 6) is 0.557. The average Bonchev–Trinajstić information content (AvgIpc) is 3.21. The molecule has 1 aliphatic rings. The minimum atomic E-state index is -0.180. The van der Waals surface area contributed by atoms with Crippen LogP contribution in [0.25, 0.3) is 16.9 Å². The van der Waals surface area contributed by atoms with E-state index >= 15 is 0 Å². The molecule has 1 saturated heterocycles. The molecule has 4 rings (SSSR count). The molecule has 8 nitrogen and oxygen atoms in total. The molecule has 8 heteroatoms. The van der Waals surface area contributed by atoms with E-state index in [0.29, 0.717) is 28.4 Å². The number of aromatic hydroxyl groups is 1. The summed E-state index contributed by atoms with van der Waals surface area (Å²) in [6.45, 7) is 3.49. The van der Waals surface area contributed by atoms with Crippen molar-refractivity contribution >= 4 is 5.91 Å². The van der Waals surface area contributed by atoms with Crippen molar-refractivity contribution in [3.05, 3.63) is 59.9 Å². The molecule has 0 unspecified atom stereocenters. The van der Waals surface area contributed by atoms with Gasteiger partial charge in [-0.25, -0.2) is 4.98 Å². The first-order valence-electron chi connectivity index (χ1n) is 10.2. The topological polar surface area (TPSA) is 113 Å². The van der Waals surface area contributed by atoms with Crippen molar-refractivity contribution in [2.24, 2.45) is 5.92 Å². The Hall–Kier alpha value is -3.70. The van der Waals surface area contributed by atoms with Crippen LogP contribution in [0.1, 0.15) is 35.7 Å². The first-order valence-corrected chi connectivity index (χ1v) is 10.2. The number of carbonyl (C=O) groups excluding carboxylic acids is 1. The lowest BCUT2D eigenvalue weighted by Crippen LogP contribution is -2.40. The highest BCUT2D eigenvalue weighted by atomic mass is 16.5. The van der Waals surface area contributed by atoms with Crippen LogP contribution in [-0.2, 0) is 4.74 Å². The van der Waals surface area contributed by atoms with Crippen molar-refractivity contribution in [3.8, 4) is 28.9 Å². The molecule has 1 aromatic carbocycles. The molecule has 158 valence electrons. The average molecular weight is 417 g/mol. The van der Waals surface area contributed by atoms with E-state index in [2.05, 4.69) is 21.5 Å². The summed E-state index contributed by atoms with van der Waals surface area (Å²) < 4.78 is 6.69. The van der Waals surface area contributed by atoms with Crippen LogP contribution in [0.2, 0.25) is 0 Å². The lowest BCUT2D eigenvalue weighted by Gasteiger charge is -2.28. The Labute approximate surface area is 180 Å². The fraction of sp³-hybridized carbons (Fsp3) is 0.304. The van der Waals surface area contributed by atoms with E-state index in [0.717, 1.165) is 31.6 Å². The zero-order valence-corrected chi connectivity index (χ0v) is 17.2. The van der Waals surface area contributed by atoms with Crippen LogP contribution < -0.4 is 5.32 Å². The summed E-state index contributed by atoms with van der Waals surface area (Å²) in [5.41, 5.74) is 2.25. The molecule has 0 spiro atoms. The molecular weight excluding hydrogens is 394 g/mol. The van der Waals surface area contributed by atoms with Crippen LogP contribution >= 0.6 is 0 Å². The molecule has 0 radical (unpaired) electrons. The van der Waals surface area contributed by atoms with E-state index < -0.39 is 0 Å². The molecule has 3 aromatic rings. The smallest absolute Gasteiger partial charge is 0.253 e. The van der Waals surface area contributed by atoms with Gasteiger partial charge in [0.05, 0.1) is 29.0 Å². The minimum Gasteiger partial charge on any atom is -0.493 e. The fourth-order valence-electron chi connectivity index (χ4n) is 3.71. The molecule has 2 N–H and O–H groups in total. The first kappa shape index (κ1) is 20.6. The standard InChI is InChI=1S/C23H23N5O3/c1-15(17-8-10-31-11-9-17)27-22(29)19-6-7-21(25-13-19)28-23(30)20(14-26-28)18-4-2-16(12-24)3-5-18/h2-7,13-15,17,30H,8-11H2,1H3,(H,27,29)/t15-/m1/s1. The van der Waals surface area contributed by atoms with Gasteiger partial charge in [-0.15, -0.1) is 0 Å². The molecule has 2 aromatic heterocycles. The Bertz CT molecular complexity index is 1090. The number of carbonyl (C=O) groups is 1. The molecular formula is C23H23N5O3. The van der Waals surface area contributed by atoms with Gasteiger partial charge >= 0.3 is 0 Å². The highest BCUT2D eigenvalue weighted by Gasteiger charge is 2.22. The van der Waals surface area contributed by atoms with Gasteiger partial charge in [0.2, 0.25) is 5.88 Å². The largest absolute Gasteiger partial charge is 0.493 e. The van der Waals surface area contributed by atoms with Gasteiger partial charge in [-0.05, 0) is 55.5 Å². The van der Waals surface area contributed by atoms with Crippen molar-refractivity contribution in [1.82, 2.24) is 20.1 Å². The third-order valence-corrected chi connectivity index (χ3v) is 5.63. The Morgan fingerprint density at radius 3 is 2.61 bits per heavy atom. The molecule has 3 heterocycles. The Kier molecular flexibility index (Phi) is 5.96. The Balaban J connectivity index is 1.47. The predicted octanol–water partition coefficient (Wildman–Crippen LogP) is 3.06. The van der Waals surface area contributed by atoms with Crippen LogP contribution in [-0.4, -0.2) is 45.0 Å². The van der Waals surface area contributed by atoms with E-state index in [-0.39, 0.29) is 17.8 Å². The number of aromatic nitrogens is 3. The minimum absolute atomic E-state index is 0.0567. The zero-order chi connectivity index (χ0) is 21.8. The first-order chi connectivity index (χ1) is 15.1. The van der Waals surface area contributed by atoms with Gasteiger partial charge in [-0.1, -0.05) is 12.1 Å². The fourth-order valence-corrected chi connectivity index (χ4v) is 3.71. The molecule has 1 atom stereocenters. The summed E-state index contributed by atoms with van der Waals surface area (Å²) in [6, 6.07) is 12.3. The summed E-state index contributed by atoms with van der Waals surface area (Å²) in [7, 11) is 0. The van der Waals surface area contributed by atoms with Crippen molar-refractivity contribution in [3.63, 3.8) is 0 Å². The van der Waals surface area contributed by atoms with Crippen LogP contribution in [0.3, 0.4) is 0 Å². The summed E-state index contributed by atoms with van der Waals surface area (Å²) in [5, 5.41) is 26.8. The highest BCUT2D eigenvalue weighted by molar-refractivity contribution is 5.94.